The number of Topliss-reactive ketones (excluding diaryl/α,β-unsaturated/α-hetero) is 1. The highest BCUT2D eigenvalue weighted by Crippen LogP contribution is 2.45. The van der Waals surface area contributed by atoms with Gasteiger partial charge in [-0.1, -0.05) is 41.9 Å². The van der Waals surface area contributed by atoms with E-state index in [1.54, 1.807) is 48.5 Å². The molecule has 0 spiro atoms. The van der Waals surface area contributed by atoms with Crippen LogP contribution in [0.5, 0.6) is 5.75 Å². The number of nitrogens with zero attached hydrogens (tertiary/aromatic N) is 2. The number of hydrogen-bond acceptors (Lipinski definition) is 4. The largest absolute Gasteiger partial charge is 0.507 e. The maximum absolute atomic E-state index is 13.4. The summed E-state index contributed by atoms with van der Waals surface area (Å²) in [5.41, 5.74) is 2.51. The molecule has 4 aromatic rings. The molecule has 1 amide bonds. The van der Waals surface area contributed by atoms with Gasteiger partial charge in [-0.25, -0.2) is 0 Å². The molecule has 1 fully saturated rings. The molecule has 1 N–H and O–H groups in total. The third kappa shape index (κ3) is 3.35. The van der Waals surface area contributed by atoms with E-state index in [0.717, 1.165) is 16.5 Å². The van der Waals surface area contributed by atoms with Crippen LogP contribution in [-0.2, 0) is 16.6 Å². The number of aliphatic hydroxyl groups excluding tert-OH is 1. The lowest BCUT2D eigenvalue weighted by Gasteiger charge is -2.25. The van der Waals surface area contributed by atoms with Gasteiger partial charge in [-0.05, 0) is 42.5 Å². The molecule has 6 nitrogen and oxygen atoms in total. The molecule has 2 heterocycles. The van der Waals surface area contributed by atoms with Gasteiger partial charge in [0.05, 0.1) is 24.3 Å². The lowest BCUT2D eigenvalue weighted by molar-refractivity contribution is -0.132. The first-order chi connectivity index (χ1) is 16.4. The number of carbonyl (C=O) groups excluding carboxylic acids is 2. The van der Waals surface area contributed by atoms with Crippen molar-refractivity contribution in [3.05, 3.63) is 101 Å². The van der Waals surface area contributed by atoms with Crippen LogP contribution in [0.25, 0.3) is 16.7 Å². The van der Waals surface area contributed by atoms with Crippen LogP contribution < -0.4 is 9.64 Å². The van der Waals surface area contributed by atoms with Crippen LogP contribution in [0.1, 0.15) is 17.2 Å². The van der Waals surface area contributed by atoms with E-state index in [-0.39, 0.29) is 11.3 Å². The van der Waals surface area contributed by atoms with Gasteiger partial charge in [-0.15, -0.1) is 0 Å². The van der Waals surface area contributed by atoms with E-state index >= 15 is 0 Å². The molecule has 0 saturated carbocycles. The van der Waals surface area contributed by atoms with Crippen LogP contribution in [0.4, 0.5) is 5.69 Å². The molecule has 1 aliphatic heterocycles. The van der Waals surface area contributed by atoms with Crippen LogP contribution in [0.3, 0.4) is 0 Å². The second-order valence-corrected chi connectivity index (χ2v) is 8.49. The second-order valence-electron chi connectivity index (χ2n) is 8.06. The zero-order valence-electron chi connectivity index (χ0n) is 18.5. The first kappa shape index (κ1) is 21.8. The van der Waals surface area contributed by atoms with E-state index in [9.17, 15) is 14.7 Å². The smallest absolute Gasteiger partial charge is 0.300 e. The number of carbonyl (C=O) groups is 2. The third-order valence-corrected chi connectivity index (χ3v) is 6.39. The summed E-state index contributed by atoms with van der Waals surface area (Å²) in [6.07, 6.45) is 1.89. The second kappa shape index (κ2) is 8.39. The fourth-order valence-electron chi connectivity index (χ4n) is 4.57. The third-order valence-electron chi connectivity index (χ3n) is 6.13. The number of halogens is 1. The Hall–Kier alpha value is -4.03. The van der Waals surface area contributed by atoms with Crippen molar-refractivity contribution < 1.29 is 19.4 Å². The molecule has 1 aliphatic rings. The molecule has 0 bridgehead atoms. The fraction of sp³-hybridized carbons (Fsp3) is 0.111. The van der Waals surface area contributed by atoms with Crippen molar-refractivity contribution in [1.82, 2.24) is 4.57 Å². The number of amides is 1. The summed E-state index contributed by atoms with van der Waals surface area (Å²) in [5.74, 6) is -1.38. The number of benzene rings is 3. The van der Waals surface area contributed by atoms with Gasteiger partial charge in [0.15, 0.2) is 0 Å². The van der Waals surface area contributed by atoms with E-state index < -0.39 is 17.7 Å². The average molecular weight is 473 g/mol. The molecule has 7 heteroatoms. The van der Waals surface area contributed by atoms with Gasteiger partial charge in [0.25, 0.3) is 11.7 Å². The van der Waals surface area contributed by atoms with E-state index in [4.69, 9.17) is 16.3 Å². The lowest BCUT2D eigenvalue weighted by Crippen LogP contribution is -2.29. The van der Waals surface area contributed by atoms with Crippen LogP contribution in [0.2, 0.25) is 5.02 Å². The molecule has 3 aromatic carbocycles. The summed E-state index contributed by atoms with van der Waals surface area (Å²) in [7, 11) is 3.39. The first-order valence-electron chi connectivity index (χ1n) is 10.7. The Morgan fingerprint density at radius 2 is 1.65 bits per heavy atom. The summed E-state index contributed by atoms with van der Waals surface area (Å²) in [6.45, 7) is 0. The monoisotopic (exact) mass is 472 g/mol. The molecule has 0 aliphatic carbocycles. The molecule has 1 saturated heterocycles. The molecular formula is C27H21ClN2O4. The predicted molar refractivity (Wildman–Crippen MR) is 132 cm³/mol. The highest BCUT2D eigenvalue weighted by Gasteiger charge is 2.48. The summed E-state index contributed by atoms with van der Waals surface area (Å²) < 4.78 is 7.35. The summed E-state index contributed by atoms with van der Waals surface area (Å²) >= 11 is 6.07. The normalized spacial score (nSPS) is 17.5. The standard InChI is InChI=1S/C27H21ClN2O4/c1-29-15-20(18-7-3-5-9-21(18)29)24-23(25(31)19-8-4-6-10-22(19)34-2)26(32)27(33)30(24)17-13-11-16(28)12-14-17/h3-15,24,31H,1-2H3/b25-23+. The zero-order chi connectivity index (χ0) is 24.0. The zero-order valence-corrected chi connectivity index (χ0v) is 19.3. The Labute approximate surface area is 201 Å². The fourth-order valence-corrected chi connectivity index (χ4v) is 4.70. The van der Waals surface area contributed by atoms with Gasteiger partial charge in [0.2, 0.25) is 0 Å². The minimum atomic E-state index is -0.850. The minimum Gasteiger partial charge on any atom is -0.507 e. The van der Waals surface area contributed by atoms with Crippen molar-refractivity contribution in [2.45, 2.75) is 6.04 Å². The molecule has 1 atom stereocenters. The number of ether oxygens (including phenoxy) is 1. The number of ketones is 1. The number of anilines is 1. The van der Waals surface area contributed by atoms with E-state index in [1.165, 1.54) is 12.0 Å². The van der Waals surface area contributed by atoms with Crippen molar-refractivity contribution in [1.29, 1.82) is 0 Å². The van der Waals surface area contributed by atoms with Crippen molar-refractivity contribution in [3.63, 3.8) is 0 Å². The Morgan fingerprint density at radius 1 is 0.971 bits per heavy atom. The first-order valence-corrected chi connectivity index (χ1v) is 11.0. The molecular weight excluding hydrogens is 452 g/mol. The Bertz CT molecular complexity index is 1470. The number of para-hydroxylation sites is 2. The Balaban J connectivity index is 1.82. The van der Waals surface area contributed by atoms with Crippen molar-refractivity contribution in [3.8, 4) is 5.75 Å². The number of aliphatic hydroxyl groups is 1. The van der Waals surface area contributed by atoms with E-state index in [0.29, 0.717) is 22.0 Å². The van der Waals surface area contributed by atoms with Crippen molar-refractivity contribution >= 4 is 45.6 Å². The van der Waals surface area contributed by atoms with Gasteiger partial charge < -0.3 is 14.4 Å². The Kier molecular flexibility index (Phi) is 5.38. The highest BCUT2D eigenvalue weighted by molar-refractivity contribution is 6.52. The van der Waals surface area contributed by atoms with Gasteiger partial charge in [0, 0.05) is 40.4 Å². The summed E-state index contributed by atoms with van der Waals surface area (Å²) in [5, 5.41) is 12.8. The maximum atomic E-state index is 13.4. The lowest BCUT2D eigenvalue weighted by atomic mass is 9.94. The molecule has 1 aromatic heterocycles. The highest BCUT2D eigenvalue weighted by atomic mass is 35.5. The van der Waals surface area contributed by atoms with Crippen molar-refractivity contribution in [2.75, 3.05) is 12.0 Å². The van der Waals surface area contributed by atoms with Crippen molar-refractivity contribution in [2.24, 2.45) is 7.05 Å². The summed E-state index contributed by atoms with van der Waals surface area (Å²) in [6, 6.07) is 20.4. The number of aromatic nitrogens is 1. The van der Waals surface area contributed by atoms with Crippen LogP contribution in [0, 0.1) is 0 Å². The number of aryl methyl sites for hydroxylation is 1. The maximum Gasteiger partial charge on any atom is 0.300 e. The van der Waals surface area contributed by atoms with Gasteiger partial charge in [-0.3, -0.25) is 14.5 Å². The average Bonchev–Trinajstić information content (AvgIpc) is 3.33. The Morgan fingerprint density at radius 3 is 2.38 bits per heavy atom. The quantitative estimate of drug-likeness (QED) is 0.243. The molecule has 170 valence electrons. The number of rotatable bonds is 4. The number of methoxy groups -OCH3 is 1. The topological polar surface area (TPSA) is 71.8 Å². The SMILES string of the molecule is COc1ccccc1/C(O)=C1\C(=O)C(=O)N(c2ccc(Cl)cc2)C1c1cn(C)c2ccccc12. The van der Waals surface area contributed by atoms with Gasteiger partial charge in [0.1, 0.15) is 11.5 Å². The number of fused-ring (bicyclic) bond motifs is 1. The van der Waals surface area contributed by atoms with E-state index in [1.807, 2.05) is 42.1 Å². The number of hydrogen-bond donors (Lipinski definition) is 1. The summed E-state index contributed by atoms with van der Waals surface area (Å²) in [4.78, 5) is 28.2. The van der Waals surface area contributed by atoms with Crippen LogP contribution >= 0.6 is 11.6 Å². The molecule has 1 unspecified atom stereocenters. The predicted octanol–water partition coefficient (Wildman–Crippen LogP) is 5.47. The van der Waals surface area contributed by atoms with Gasteiger partial charge in [-0.2, -0.15) is 0 Å². The molecule has 0 radical (unpaired) electrons. The van der Waals surface area contributed by atoms with E-state index in [2.05, 4.69) is 0 Å². The molecule has 5 rings (SSSR count). The van der Waals surface area contributed by atoms with Crippen LogP contribution in [-0.4, -0.2) is 28.5 Å². The minimum absolute atomic E-state index is 0.000744. The van der Waals surface area contributed by atoms with Crippen LogP contribution in [0.15, 0.2) is 84.6 Å². The molecule has 34 heavy (non-hydrogen) atoms. The van der Waals surface area contributed by atoms with Gasteiger partial charge >= 0.3 is 0 Å².